The minimum absolute atomic E-state index is 0.105. The van der Waals surface area contributed by atoms with E-state index in [0.717, 1.165) is 0 Å². The van der Waals surface area contributed by atoms with Crippen LogP contribution in [0.25, 0.3) is 0 Å². The Kier molecular flexibility index (Phi) is 3.10. The van der Waals surface area contributed by atoms with Crippen molar-refractivity contribution in [1.82, 2.24) is 0 Å². The summed E-state index contributed by atoms with van der Waals surface area (Å²) in [5, 5.41) is 2.72. The Hall–Kier alpha value is -1.55. The van der Waals surface area contributed by atoms with Gasteiger partial charge >= 0.3 is 0 Å². The van der Waals surface area contributed by atoms with Crippen LogP contribution in [0.2, 0.25) is 0 Å². The summed E-state index contributed by atoms with van der Waals surface area (Å²) in [6.45, 7) is 4.01. The highest BCUT2D eigenvalue weighted by atomic mass is 16.6. The SMILES string of the molecule is CC(=O)Nc1ccccc1OCC1O[C@@H]1C. The average molecular weight is 221 g/mol. The first kappa shape index (κ1) is 11.0. The van der Waals surface area contributed by atoms with E-state index in [1.165, 1.54) is 6.92 Å². The largest absolute Gasteiger partial charge is 0.489 e. The monoisotopic (exact) mass is 221 g/mol. The molecule has 4 nitrogen and oxygen atoms in total. The highest BCUT2D eigenvalue weighted by Crippen LogP contribution is 2.27. The molecule has 0 aliphatic carbocycles. The second-order valence-electron chi connectivity index (χ2n) is 3.87. The maximum atomic E-state index is 11.0. The summed E-state index contributed by atoms with van der Waals surface area (Å²) < 4.78 is 10.8. The highest BCUT2D eigenvalue weighted by molar-refractivity contribution is 5.90. The van der Waals surface area contributed by atoms with Gasteiger partial charge in [-0.15, -0.1) is 0 Å². The van der Waals surface area contributed by atoms with Gasteiger partial charge in [0.15, 0.2) is 0 Å². The Morgan fingerprint density at radius 1 is 1.50 bits per heavy atom. The lowest BCUT2D eigenvalue weighted by Gasteiger charge is -2.10. The van der Waals surface area contributed by atoms with Crippen molar-refractivity contribution in [3.63, 3.8) is 0 Å². The molecule has 1 aliphatic rings. The molecule has 16 heavy (non-hydrogen) atoms. The van der Waals surface area contributed by atoms with Crippen LogP contribution in [0.1, 0.15) is 13.8 Å². The molecule has 0 radical (unpaired) electrons. The van der Waals surface area contributed by atoms with Crippen LogP contribution in [0.3, 0.4) is 0 Å². The molecule has 4 heteroatoms. The lowest BCUT2D eigenvalue weighted by Crippen LogP contribution is -2.10. The maximum Gasteiger partial charge on any atom is 0.221 e. The molecule has 1 aromatic rings. The van der Waals surface area contributed by atoms with Gasteiger partial charge in [0.25, 0.3) is 0 Å². The maximum absolute atomic E-state index is 11.0. The number of benzene rings is 1. The lowest BCUT2D eigenvalue weighted by molar-refractivity contribution is -0.114. The van der Waals surface area contributed by atoms with E-state index >= 15 is 0 Å². The zero-order chi connectivity index (χ0) is 11.5. The van der Waals surface area contributed by atoms with E-state index in [4.69, 9.17) is 9.47 Å². The fourth-order valence-electron chi connectivity index (χ4n) is 1.46. The van der Waals surface area contributed by atoms with Gasteiger partial charge in [0.05, 0.1) is 11.8 Å². The van der Waals surface area contributed by atoms with E-state index in [1.54, 1.807) is 0 Å². The van der Waals surface area contributed by atoms with E-state index in [2.05, 4.69) is 5.32 Å². The standard InChI is InChI=1S/C12H15NO3/c1-8-12(16-8)7-15-11-6-4-3-5-10(11)13-9(2)14/h3-6,8,12H,7H2,1-2H3,(H,13,14)/t8-,12?/m1/s1. The van der Waals surface area contributed by atoms with Crippen LogP contribution < -0.4 is 10.1 Å². The number of amides is 1. The van der Waals surface area contributed by atoms with Gasteiger partial charge < -0.3 is 14.8 Å². The van der Waals surface area contributed by atoms with Gasteiger partial charge in [-0.25, -0.2) is 0 Å². The Bertz CT molecular complexity index is 392. The zero-order valence-electron chi connectivity index (χ0n) is 9.40. The Morgan fingerprint density at radius 2 is 2.19 bits per heavy atom. The number of carbonyl (C=O) groups excluding carboxylic acids is 1. The fourth-order valence-corrected chi connectivity index (χ4v) is 1.46. The fraction of sp³-hybridized carbons (Fsp3) is 0.417. The van der Waals surface area contributed by atoms with Gasteiger partial charge in [-0.05, 0) is 19.1 Å². The van der Waals surface area contributed by atoms with Gasteiger partial charge in [-0.1, -0.05) is 12.1 Å². The summed E-state index contributed by atoms with van der Waals surface area (Å²) >= 11 is 0. The Balaban J connectivity index is 1.98. The van der Waals surface area contributed by atoms with Gasteiger partial charge in [0.2, 0.25) is 5.91 Å². The van der Waals surface area contributed by atoms with Gasteiger partial charge in [-0.3, -0.25) is 4.79 Å². The Morgan fingerprint density at radius 3 is 2.81 bits per heavy atom. The van der Waals surface area contributed by atoms with Crippen molar-refractivity contribution in [1.29, 1.82) is 0 Å². The molecule has 0 aromatic heterocycles. The molecule has 0 saturated carbocycles. The Labute approximate surface area is 94.6 Å². The van der Waals surface area contributed by atoms with Crippen LogP contribution in [0, 0.1) is 0 Å². The molecule has 1 unspecified atom stereocenters. The molecule has 2 rings (SSSR count). The minimum atomic E-state index is -0.105. The quantitative estimate of drug-likeness (QED) is 0.789. The van der Waals surface area contributed by atoms with Gasteiger partial charge in [0.1, 0.15) is 18.5 Å². The van der Waals surface area contributed by atoms with Gasteiger partial charge in [0, 0.05) is 6.92 Å². The molecule has 0 bridgehead atoms. The van der Waals surface area contributed by atoms with Crippen molar-refractivity contribution in [2.45, 2.75) is 26.1 Å². The smallest absolute Gasteiger partial charge is 0.221 e. The summed E-state index contributed by atoms with van der Waals surface area (Å²) in [6.07, 6.45) is 0.471. The van der Waals surface area contributed by atoms with E-state index in [-0.39, 0.29) is 18.1 Å². The number of anilines is 1. The van der Waals surface area contributed by atoms with Crippen molar-refractivity contribution in [3.8, 4) is 5.75 Å². The molecule has 86 valence electrons. The molecule has 1 N–H and O–H groups in total. The summed E-state index contributed by atoms with van der Waals surface area (Å²) in [6, 6.07) is 7.37. The molecular weight excluding hydrogens is 206 g/mol. The number of carbonyl (C=O) groups is 1. The molecule has 1 aromatic carbocycles. The van der Waals surface area contributed by atoms with E-state index in [9.17, 15) is 4.79 Å². The predicted octanol–water partition coefficient (Wildman–Crippen LogP) is 1.81. The van der Waals surface area contributed by atoms with E-state index in [1.807, 2.05) is 31.2 Å². The molecule has 0 spiro atoms. The molecule has 1 saturated heterocycles. The average Bonchev–Trinajstić information content (AvgIpc) is 2.93. The van der Waals surface area contributed by atoms with Crippen molar-refractivity contribution < 1.29 is 14.3 Å². The van der Waals surface area contributed by atoms with Crippen LogP contribution in [0.15, 0.2) is 24.3 Å². The summed E-state index contributed by atoms with van der Waals surface area (Å²) in [4.78, 5) is 11.0. The minimum Gasteiger partial charge on any atom is -0.489 e. The predicted molar refractivity (Wildman–Crippen MR) is 60.6 cm³/mol. The van der Waals surface area contributed by atoms with Crippen LogP contribution in [-0.2, 0) is 9.53 Å². The van der Waals surface area contributed by atoms with Crippen molar-refractivity contribution in [2.75, 3.05) is 11.9 Å². The normalized spacial score (nSPS) is 22.6. The molecule has 2 atom stereocenters. The number of para-hydroxylation sites is 2. The third kappa shape index (κ3) is 2.73. The number of hydrogen-bond donors (Lipinski definition) is 1. The number of ether oxygens (including phenoxy) is 2. The van der Waals surface area contributed by atoms with E-state index in [0.29, 0.717) is 18.0 Å². The van der Waals surface area contributed by atoms with Gasteiger partial charge in [-0.2, -0.15) is 0 Å². The topological polar surface area (TPSA) is 50.9 Å². The van der Waals surface area contributed by atoms with Crippen LogP contribution >= 0.6 is 0 Å². The van der Waals surface area contributed by atoms with Crippen molar-refractivity contribution >= 4 is 11.6 Å². The number of hydrogen-bond acceptors (Lipinski definition) is 3. The number of nitrogens with one attached hydrogen (secondary N) is 1. The molecule has 1 amide bonds. The van der Waals surface area contributed by atoms with Crippen molar-refractivity contribution in [2.24, 2.45) is 0 Å². The van der Waals surface area contributed by atoms with Crippen LogP contribution in [-0.4, -0.2) is 24.7 Å². The third-order valence-electron chi connectivity index (χ3n) is 2.44. The second kappa shape index (κ2) is 4.53. The molecule has 1 heterocycles. The highest BCUT2D eigenvalue weighted by Gasteiger charge is 2.34. The lowest BCUT2D eigenvalue weighted by atomic mass is 10.3. The summed E-state index contributed by atoms with van der Waals surface area (Å²) in [5.41, 5.74) is 0.698. The second-order valence-corrected chi connectivity index (χ2v) is 3.87. The first-order valence-corrected chi connectivity index (χ1v) is 5.31. The van der Waals surface area contributed by atoms with E-state index < -0.39 is 0 Å². The van der Waals surface area contributed by atoms with Crippen LogP contribution in [0.5, 0.6) is 5.75 Å². The molecular formula is C12H15NO3. The first-order valence-electron chi connectivity index (χ1n) is 5.31. The first-order chi connectivity index (χ1) is 7.66. The molecule has 1 fully saturated rings. The third-order valence-corrected chi connectivity index (χ3v) is 2.44. The number of rotatable bonds is 4. The van der Waals surface area contributed by atoms with Crippen molar-refractivity contribution in [3.05, 3.63) is 24.3 Å². The zero-order valence-corrected chi connectivity index (χ0v) is 9.40. The molecule has 1 aliphatic heterocycles. The van der Waals surface area contributed by atoms with Crippen LogP contribution in [0.4, 0.5) is 5.69 Å². The number of epoxide rings is 1. The summed E-state index contributed by atoms with van der Waals surface area (Å²) in [7, 11) is 0. The summed E-state index contributed by atoms with van der Waals surface area (Å²) in [5.74, 6) is 0.576.